The molecule has 1 amide bonds. The van der Waals surface area contributed by atoms with Crippen molar-refractivity contribution in [3.63, 3.8) is 0 Å². The Balaban J connectivity index is 2.11. The van der Waals surface area contributed by atoms with Crippen molar-refractivity contribution in [3.05, 3.63) is 45.9 Å². The summed E-state index contributed by atoms with van der Waals surface area (Å²) in [5, 5.41) is 8.91. The Hall–Kier alpha value is -1.88. The van der Waals surface area contributed by atoms with Crippen LogP contribution in [0.15, 0.2) is 29.8 Å². The normalized spacial score (nSPS) is 10.2. The van der Waals surface area contributed by atoms with E-state index in [1.54, 1.807) is 6.20 Å². The molecule has 0 aliphatic carbocycles. The van der Waals surface area contributed by atoms with Crippen molar-refractivity contribution in [1.29, 1.82) is 0 Å². The standard InChI is InChI=1S/C14H17N3OS/c1-3-15-12-5-4-10(2)8-11(12)14(18)17-9-13-16-6-7-19-13/h4-8,15H,3,9H2,1-2H3,(H,17,18). The maximum atomic E-state index is 12.2. The van der Waals surface area contributed by atoms with Gasteiger partial charge in [0.15, 0.2) is 0 Å². The molecule has 2 aromatic rings. The van der Waals surface area contributed by atoms with Gasteiger partial charge in [-0.05, 0) is 26.0 Å². The zero-order chi connectivity index (χ0) is 13.7. The van der Waals surface area contributed by atoms with Crippen molar-refractivity contribution in [3.8, 4) is 0 Å². The van der Waals surface area contributed by atoms with Crippen LogP contribution in [-0.2, 0) is 6.54 Å². The first-order chi connectivity index (χ1) is 9.20. The molecule has 100 valence electrons. The van der Waals surface area contributed by atoms with Gasteiger partial charge in [-0.3, -0.25) is 4.79 Å². The van der Waals surface area contributed by atoms with Gasteiger partial charge in [-0.25, -0.2) is 4.98 Å². The molecular weight excluding hydrogens is 258 g/mol. The van der Waals surface area contributed by atoms with E-state index >= 15 is 0 Å². The summed E-state index contributed by atoms with van der Waals surface area (Å²) in [5.41, 5.74) is 2.61. The van der Waals surface area contributed by atoms with Crippen LogP contribution in [0.5, 0.6) is 0 Å². The minimum atomic E-state index is -0.0742. The van der Waals surface area contributed by atoms with Crippen LogP contribution in [0.1, 0.15) is 27.9 Å². The van der Waals surface area contributed by atoms with Crippen LogP contribution in [0, 0.1) is 6.92 Å². The fourth-order valence-electron chi connectivity index (χ4n) is 1.78. The number of anilines is 1. The lowest BCUT2D eigenvalue weighted by atomic mass is 10.1. The second-order valence-electron chi connectivity index (χ2n) is 4.19. The van der Waals surface area contributed by atoms with Crippen LogP contribution in [0.4, 0.5) is 5.69 Å². The first-order valence-corrected chi connectivity index (χ1v) is 7.09. The Morgan fingerprint density at radius 3 is 2.95 bits per heavy atom. The lowest BCUT2D eigenvalue weighted by molar-refractivity contribution is 0.0951. The third kappa shape index (κ3) is 3.54. The molecule has 0 spiro atoms. The smallest absolute Gasteiger partial charge is 0.253 e. The molecule has 0 aliphatic rings. The topological polar surface area (TPSA) is 54.0 Å². The Labute approximate surface area is 116 Å². The van der Waals surface area contributed by atoms with Gasteiger partial charge in [0.05, 0.1) is 12.1 Å². The fraction of sp³-hybridized carbons (Fsp3) is 0.286. The van der Waals surface area contributed by atoms with Crippen molar-refractivity contribution < 1.29 is 4.79 Å². The lowest BCUT2D eigenvalue weighted by Gasteiger charge is -2.11. The van der Waals surface area contributed by atoms with Gasteiger partial charge >= 0.3 is 0 Å². The third-order valence-electron chi connectivity index (χ3n) is 2.67. The molecule has 0 aliphatic heterocycles. The Bertz CT molecular complexity index is 552. The molecule has 1 aromatic carbocycles. The Kier molecular flexibility index (Phi) is 4.52. The highest BCUT2D eigenvalue weighted by atomic mass is 32.1. The highest BCUT2D eigenvalue weighted by molar-refractivity contribution is 7.09. The van der Waals surface area contributed by atoms with E-state index in [0.717, 1.165) is 22.8 Å². The van der Waals surface area contributed by atoms with Gasteiger partial charge in [-0.2, -0.15) is 0 Å². The molecule has 0 bridgehead atoms. The summed E-state index contributed by atoms with van der Waals surface area (Å²) < 4.78 is 0. The Morgan fingerprint density at radius 1 is 1.42 bits per heavy atom. The molecule has 2 rings (SSSR count). The van der Waals surface area contributed by atoms with Crippen molar-refractivity contribution in [2.45, 2.75) is 20.4 Å². The van der Waals surface area contributed by atoms with E-state index in [0.29, 0.717) is 12.1 Å². The van der Waals surface area contributed by atoms with Gasteiger partial charge < -0.3 is 10.6 Å². The van der Waals surface area contributed by atoms with E-state index in [2.05, 4.69) is 15.6 Å². The van der Waals surface area contributed by atoms with Crippen LogP contribution in [-0.4, -0.2) is 17.4 Å². The molecule has 0 unspecified atom stereocenters. The van der Waals surface area contributed by atoms with Crippen LogP contribution in [0.3, 0.4) is 0 Å². The molecule has 0 saturated heterocycles. The molecule has 0 fully saturated rings. The van der Waals surface area contributed by atoms with Gasteiger partial charge in [-0.1, -0.05) is 11.6 Å². The summed E-state index contributed by atoms with van der Waals surface area (Å²) in [5.74, 6) is -0.0742. The van der Waals surface area contributed by atoms with Gasteiger partial charge in [0, 0.05) is 23.8 Å². The molecule has 5 heteroatoms. The van der Waals surface area contributed by atoms with Gasteiger partial charge in [0.2, 0.25) is 0 Å². The number of carbonyl (C=O) groups is 1. The molecule has 4 nitrogen and oxygen atoms in total. The number of rotatable bonds is 5. The van der Waals surface area contributed by atoms with E-state index < -0.39 is 0 Å². The van der Waals surface area contributed by atoms with E-state index in [9.17, 15) is 4.79 Å². The first-order valence-electron chi connectivity index (χ1n) is 6.21. The van der Waals surface area contributed by atoms with Crippen LogP contribution >= 0.6 is 11.3 Å². The molecule has 2 N–H and O–H groups in total. The van der Waals surface area contributed by atoms with E-state index in [4.69, 9.17) is 0 Å². The number of nitrogens with zero attached hydrogens (tertiary/aromatic N) is 1. The fourth-order valence-corrected chi connectivity index (χ4v) is 2.34. The highest BCUT2D eigenvalue weighted by Gasteiger charge is 2.11. The number of aromatic nitrogens is 1. The minimum Gasteiger partial charge on any atom is -0.385 e. The van der Waals surface area contributed by atoms with Crippen molar-refractivity contribution in [1.82, 2.24) is 10.3 Å². The maximum absolute atomic E-state index is 12.2. The minimum absolute atomic E-state index is 0.0742. The first kappa shape index (κ1) is 13.5. The summed E-state index contributed by atoms with van der Waals surface area (Å²) in [7, 11) is 0. The summed E-state index contributed by atoms with van der Waals surface area (Å²) in [6.45, 7) is 5.25. The number of hydrogen-bond acceptors (Lipinski definition) is 4. The van der Waals surface area contributed by atoms with Crippen LogP contribution < -0.4 is 10.6 Å². The number of nitrogens with one attached hydrogen (secondary N) is 2. The van der Waals surface area contributed by atoms with Crippen molar-refractivity contribution >= 4 is 22.9 Å². The molecule has 19 heavy (non-hydrogen) atoms. The van der Waals surface area contributed by atoms with Gasteiger partial charge in [-0.15, -0.1) is 11.3 Å². The SMILES string of the molecule is CCNc1ccc(C)cc1C(=O)NCc1nccs1. The van der Waals surface area contributed by atoms with Crippen molar-refractivity contribution in [2.75, 3.05) is 11.9 Å². The van der Waals surface area contributed by atoms with Crippen molar-refractivity contribution in [2.24, 2.45) is 0 Å². The quantitative estimate of drug-likeness (QED) is 0.882. The number of hydrogen-bond donors (Lipinski definition) is 2. The average Bonchev–Trinajstić information content (AvgIpc) is 2.91. The molecule has 0 radical (unpaired) electrons. The predicted molar refractivity (Wildman–Crippen MR) is 78.6 cm³/mol. The number of carbonyl (C=O) groups excluding carboxylic acids is 1. The second-order valence-corrected chi connectivity index (χ2v) is 5.17. The zero-order valence-corrected chi connectivity index (χ0v) is 11.9. The van der Waals surface area contributed by atoms with Gasteiger partial charge in [0.1, 0.15) is 5.01 Å². The number of amides is 1. The van der Waals surface area contributed by atoms with Crippen LogP contribution in [0.25, 0.3) is 0 Å². The largest absolute Gasteiger partial charge is 0.385 e. The van der Waals surface area contributed by atoms with Crippen LogP contribution in [0.2, 0.25) is 0 Å². The molecule has 0 atom stereocenters. The number of benzene rings is 1. The van der Waals surface area contributed by atoms with Gasteiger partial charge in [0.25, 0.3) is 5.91 Å². The second kappa shape index (κ2) is 6.33. The average molecular weight is 275 g/mol. The summed E-state index contributed by atoms with van der Waals surface area (Å²) in [6.07, 6.45) is 1.74. The molecule has 1 aromatic heterocycles. The molecule has 1 heterocycles. The highest BCUT2D eigenvalue weighted by Crippen LogP contribution is 2.17. The predicted octanol–water partition coefficient (Wildman–Crippen LogP) is 2.81. The lowest BCUT2D eigenvalue weighted by Crippen LogP contribution is -2.24. The molecular formula is C14H17N3OS. The summed E-state index contributed by atoms with van der Waals surface area (Å²) in [4.78, 5) is 16.4. The maximum Gasteiger partial charge on any atom is 0.253 e. The van der Waals surface area contributed by atoms with E-state index in [-0.39, 0.29) is 5.91 Å². The summed E-state index contributed by atoms with van der Waals surface area (Å²) >= 11 is 1.54. The molecule has 0 saturated carbocycles. The van der Waals surface area contributed by atoms with E-state index in [1.165, 1.54) is 11.3 Å². The Morgan fingerprint density at radius 2 is 2.26 bits per heavy atom. The summed E-state index contributed by atoms with van der Waals surface area (Å²) in [6, 6.07) is 5.84. The number of aryl methyl sites for hydroxylation is 1. The monoisotopic (exact) mass is 275 g/mol. The number of thiazole rings is 1. The zero-order valence-electron chi connectivity index (χ0n) is 11.1. The van der Waals surface area contributed by atoms with E-state index in [1.807, 2.05) is 37.4 Å². The third-order valence-corrected chi connectivity index (χ3v) is 3.45.